The highest BCUT2D eigenvalue weighted by Crippen LogP contribution is 2.37. The van der Waals surface area contributed by atoms with E-state index in [1.54, 1.807) is 36.4 Å². The summed E-state index contributed by atoms with van der Waals surface area (Å²) in [6.07, 6.45) is 0.806. The van der Waals surface area contributed by atoms with Crippen molar-refractivity contribution in [3.05, 3.63) is 97.4 Å². The number of nitrogens with zero attached hydrogens (tertiary/aromatic N) is 2. The number of aromatic hydroxyl groups is 1. The summed E-state index contributed by atoms with van der Waals surface area (Å²) in [4.78, 5) is 51.5. The third kappa shape index (κ3) is 5.37. The molecule has 3 atom stereocenters. The first-order valence-electron chi connectivity index (χ1n) is 12.8. The standard InChI is InChI=1S/C29H30N2O8/c1-37-26(34)12-22(18-6-8-19(9-7-18)29(36)38-2)28-27(35)24(32)11-21(39-28)16-30-13-17-10-20(15-30)23-4-3-5-25(33)31(23)14-17/h3-9,11,17,20,22,35H,10,12-16H2,1-2H3/t17-,20+,22-/m0/s1. The Balaban J connectivity index is 1.44. The van der Waals surface area contributed by atoms with Crippen LogP contribution in [0.3, 0.4) is 0 Å². The number of likely N-dealkylation sites (tertiary alicyclic amines) is 1. The number of ether oxygens (including phenoxy) is 2. The molecule has 0 spiro atoms. The number of aromatic nitrogens is 1. The normalized spacial score (nSPS) is 19.1. The number of esters is 2. The Labute approximate surface area is 224 Å². The van der Waals surface area contributed by atoms with E-state index >= 15 is 0 Å². The van der Waals surface area contributed by atoms with Gasteiger partial charge in [0.1, 0.15) is 5.76 Å². The molecule has 0 amide bonds. The summed E-state index contributed by atoms with van der Waals surface area (Å²) in [5, 5.41) is 10.7. The molecule has 10 nitrogen and oxygen atoms in total. The Kier molecular flexibility index (Phi) is 7.38. The van der Waals surface area contributed by atoms with Crippen LogP contribution in [0.25, 0.3) is 0 Å². The number of hydrogen-bond donors (Lipinski definition) is 1. The van der Waals surface area contributed by atoms with E-state index in [1.807, 2.05) is 10.6 Å². The van der Waals surface area contributed by atoms with Gasteiger partial charge < -0.3 is 23.6 Å². The molecule has 4 heterocycles. The molecule has 2 aliphatic heterocycles. The first kappa shape index (κ1) is 26.4. The van der Waals surface area contributed by atoms with Crippen LogP contribution in [-0.4, -0.2) is 53.8 Å². The molecule has 0 radical (unpaired) electrons. The van der Waals surface area contributed by atoms with Gasteiger partial charge in [-0.05, 0) is 36.1 Å². The van der Waals surface area contributed by atoms with Crippen molar-refractivity contribution in [1.29, 1.82) is 0 Å². The average Bonchev–Trinajstić information content (AvgIpc) is 2.94. The van der Waals surface area contributed by atoms with Gasteiger partial charge in [-0.3, -0.25) is 19.3 Å². The second kappa shape index (κ2) is 10.9. The zero-order chi connectivity index (χ0) is 27.7. The van der Waals surface area contributed by atoms with Gasteiger partial charge in [-0.1, -0.05) is 18.2 Å². The van der Waals surface area contributed by atoms with E-state index in [4.69, 9.17) is 13.9 Å². The van der Waals surface area contributed by atoms with E-state index in [9.17, 15) is 24.3 Å². The summed E-state index contributed by atoms with van der Waals surface area (Å²) in [7, 11) is 2.54. The van der Waals surface area contributed by atoms with Crippen molar-refractivity contribution >= 4 is 11.9 Å². The van der Waals surface area contributed by atoms with E-state index in [0.717, 1.165) is 18.7 Å². The predicted molar refractivity (Wildman–Crippen MR) is 140 cm³/mol. The summed E-state index contributed by atoms with van der Waals surface area (Å²) in [5.74, 6) is -1.66. The van der Waals surface area contributed by atoms with E-state index in [-0.39, 0.29) is 23.7 Å². The van der Waals surface area contributed by atoms with Crippen LogP contribution in [0, 0.1) is 5.92 Å². The molecule has 0 unspecified atom stereocenters. The van der Waals surface area contributed by atoms with Gasteiger partial charge in [0.25, 0.3) is 5.56 Å². The largest absolute Gasteiger partial charge is 0.502 e. The molecule has 204 valence electrons. The number of pyridine rings is 1. The Morgan fingerprint density at radius 3 is 2.54 bits per heavy atom. The number of piperidine rings is 1. The van der Waals surface area contributed by atoms with Crippen LogP contribution >= 0.6 is 0 Å². The van der Waals surface area contributed by atoms with Crippen molar-refractivity contribution in [2.45, 2.75) is 37.8 Å². The number of hydrogen-bond acceptors (Lipinski definition) is 9. The Morgan fingerprint density at radius 1 is 1.05 bits per heavy atom. The fraction of sp³-hybridized carbons (Fsp3) is 0.379. The maximum atomic E-state index is 12.8. The number of rotatable bonds is 7. The first-order valence-corrected chi connectivity index (χ1v) is 12.8. The fourth-order valence-electron chi connectivity index (χ4n) is 5.80. The molecule has 1 N–H and O–H groups in total. The lowest BCUT2D eigenvalue weighted by molar-refractivity contribution is -0.140. The lowest BCUT2D eigenvalue weighted by Crippen LogP contribution is -2.46. The number of carbonyl (C=O) groups excluding carboxylic acids is 2. The summed E-state index contributed by atoms with van der Waals surface area (Å²) < 4.78 is 17.6. The van der Waals surface area contributed by atoms with Gasteiger partial charge in [0, 0.05) is 43.4 Å². The molecular formula is C29H30N2O8. The average molecular weight is 535 g/mol. The van der Waals surface area contributed by atoms with Gasteiger partial charge in [0.2, 0.25) is 11.2 Å². The number of carbonyl (C=O) groups is 2. The number of methoxy groups -OCH3 is 2. The van der Waals surface area contributed by atoms with E-state index < -0.39 is 29.0 Å². The lowest BCUT2D eigenvalue weighted by atomic mass is 9.83. The minimum atomic E-state index is -0.823. The van der Waals surface area contributed by atoms with Crippen molar-refractivity contribution in [2.75, 3.05) is 27.3 Å². The summed E-state index contributed by atoms with van der Waals surface area (Å²) in [6, 6.07) is 13.0. The fourth-order valence-corrected chi connectivity index (χ4v) is 5.80. The second-order valence-electron chi connectivity index (χ2n) is 10.1. The SMILES string of the molecule is COC(=O)C[C@@H](c1ccc(C(=O)OC)cc1)c1oc(CN2C[C@@H]3C[C@H](C2)c2cccc(=O)n2C3)cc(=O)c1O. The van der Waals surface area contributed by atoms with Gasteiger partial charge in [0.05, 0.1) is 38.7 Å². The van der Waals surface area contributed by atoms with Crippen LogP contribution in [-0.2, 0) is 27.4 Å². The van der Waals surface area contributed by atoms with Gasteiger partial charge >= 0.3 is 11.9 Å². The molecular weight excluding hydrogens is 504 g/mol. The number of fused-ring (bicyclic) bond motifs is 4. The predicted octanol–water partition coefficient (Wildman–Crippen LogP) is 2.61. The van der Waals surface area contributed by atoms with Gasteiger partial charge in [-0.2, -0.15) is 0 Å². The van der Waals surface area contributed by atoms with Crippen LogP contribution in [0.4, 0.5) is 0 Å². The van der Waals surface area contributed by atoms with Crippen molar-refractivity contribution in [3.8, 4) is 5.75 Å². The van der Waals surface area contributed by atoms with Crippen LogP contribution in [0.15, 0.2) is 62.5 Å². The third-order valence-corrected chi connectivity index (χ3v) is 7.58. The Bertz CT molecular complexity index is 1510. The molecule has 1 aromatic carbocycles. The molecule has 2 bridgehead atoms. The van der Waals surface area contributed by atoms with E-state index in [0.29, 0.717) is 42.4 Å². The van der Waals surface area contributed by atoms with Crippen molar-refractivity contribution in [1.82, 2.24) is 9.47 Å². The number of benzene rings is 1. The molecule has 2 aromatic heterocycles. The summed E-state index contributed by atoms with van der Waals surface area (Å²) in [6.45, 7) is 2.41. The van der Waals surface area contributed by atoms with Gasteiger partial charge in [0.15, 0.2) is 5.76 Å². The zero-order valence-corrected chi connectivity index (χ0v) is 21.8. The lowest BCUT2D eigenvalue weighted by Gasteiger charge is -2.42. The molecule has 10 heteroatoms. The van der Waals surface area contributed by atoms with Crippen molar-refractivity contribution < 1.29 is 28.6 Å². The van der Waals surface area contributed by atoms with Gasteiger partial charge in [-0.15, -0.1) is 0 Å². The monoisotopic (exact) mass is 534 g/mol. The second-order valence-corrected chi connectivity index (χ2v) is 10.1. The minimum Gasteiger partial charge on any atom is -0.502 e. The summed E-state index contributed by atoms with van der Waals surface area (Å²) >= 11 is 0. The van der Waals surface area contributed by atoms with Gasteiger partial charge in [-0.25, -0.2) is 4.79 Å². The topological polar surface area (TPSA) is 128 Å². The van der Waals surface area contributed by atoms with Crippen molar-refractivity contribution in [3.63, 3.8) is 0 Å². The third-order valence-electron chi connectivity index (χ3n) is 7.58. The molecule has 3 aromatic rings. The molecule has 5 rings (SSSR count). The quantitative estimate of drug-likeness (QED) is 0.455. The molecule has 2 aliphatic rings. The molecule has 0 aliphatic carbocycles. The summed E-state index contributed by atoms with van der Waals surface area (Å²) in [5.41, 5.74) is 1.29. The van der Waals surface area contributed by atoms with E-state index in [2.05, 4.69) is 4.90 Å². The molecule has 0 saturated carbocycles. The van der Waals surface area contributed by atoms with Crippen LogP contribution in [0.2, 0.25) is 0 Å². The Hall–Kier alpha value is -4.18. The first-order chi connectivity index (χ1) is 18.8. The highest BCUT2D eigenvalue weighted by Gasteiger charge is 2.35. The smallest absolute Gasteiger partial charge is 0.337 e. The van der Waals surface area contributed by atoms with Crippen LogP contribution in [0.5, 0.6) is 5.75 Å². The van der Waals surface area contributed by atoms with E-state index in [1.165, 1.54) is 20.3 Å². The maximum Gasteiger partial charge on any atom is 0.337 e. The van der Waals surface area contributed by atoms with Crippen molar-refractivity contribution in [2.24, 2.45) is 5.92 Å². The molecule has 1 saturated heterocycles. The van der Waals surface area contributed by atoms with Crippen LogP contribution < -0.4 is 11.0 Å². The highest BCUT2D eigenvalue weighted by atomic mass is 16.5. The van der Waals surface area contributed by atoms with Crippen LogP contribution in [0.1, 0.15) is 57.8 Å². The highest BCUT2D eigenvalue weighted by molar-refractivity contribution is 5.89. The maximum absolute atomic E-state index is 12.8. The molecule has 1 fully saturated rings. The molecule has 39 heavy (non-hydrogen) atoms. The Morgan fingerprint density at radius 2 is 1.82 bits per heavy atom. The minimum absolute atomic E-state index is 0.0149. The zero-order valence-electron chi connectivity index (χ0n) is 21.8.